The van der Waals surface area contributed by atoms with E-state index >= 15 is 0 Å². The first-order chi connectivity index (χ1) is 16.4. The zero-order valence-electron chi connectivity index (χ0n) is 19.4. The molecule has 2 aromatic heterocycles. The number of halogens is 1. The summed E-state index contributed by atoms with van der Waals surface area (Å²) in [4.78, 5) is 12.6. The average Bonchev–Trinajstić information content (AvgIpc) is 3.41. The molecule has 34 heavy (non-hydrogen) atoms. The van der Waals surface area contributed by atoms with Crippen LogP contribution in [0.5, 0.6) is 5.75 Å². The molecule has 10 heteroatoms. The van der Waals surface area contributed by atoms with Crippen molar-refractivity contribution in [3.8, 4) is 28.4 Å². The van der Waals surface area contributed by atoms with E-state index in [-0.39, 0.29) is 11.7 Å². The number of benzene rings is 2. The molecular weight excluding hydrogens is 472 g/mol. The molecule has 4 rings (SSSR count). The summed E-state index contributed by atoms with van der Waals surface area (Å²) in [5.74, 6) is 1.22. The minimum atomic E-state index is -0.195. The van der Waals surface area contributed by atoms with Crippen molar-refractivity contribution in [2.24, 2.45) is 7.05 Å². The van der Waals surface area contributed by atoms with E-state index in [0.717, 1.165) is 16.8 Å². The highest BCUT2D eigenvalue weighted by Gasteiger charge is 2.20. The smallest absolute Gasteiger partial charge is 0.234 e. The number of nitrogens with one attached hydrogen (secondary N) is 1. The number of methoxy groups -OCH3 is 1. The monoisotopic (exact) mass is 496 g/mol. The van der Waals surface area contributed by atoms with Gasteiger partial charge in [-0.25, -0.2) is 0 Å². The molecule has 0 radical (unpaired) electrons. The molecule has 0 fully saturated rings. The first kappa shape index (κ1) is 23.8. The van der Waals surface area contributed by atoms with Gasteiger partial charge < -0.3 is 14.6 Å². The van der Waals surface area contributed by atoms with E-state index in [2.05, 4.69) is 51.8 Å². The van der Waals surface area contributed by atoms with Crippen molar-refractivity contribution in [2.75, 3.05) is 18.2 Å². The number of carbonyl (C=O) groups is 1. The number of anilines is 1. The zero-order chi connectivity index (χ0) is 24.2. The van der Waals surface area contributed by atoms with Crippen molar-refractivity contribution in [2.45, 2.75) is 25.5 Å². The first-order valence-electron chi connectivity index (χ1n) is 10.7. The van der Waals surface area contributed by atoms with Gasteiger partial charge in [0.2, 0.25) is 5.91 Å². The topological polar surface area (TPSA) is 86.9 Å². The van der Waals surface area contributed by atoms with Crippen molar-refractivity contribution in [3.05, 3.63) is 59.2 Å². The normalized spacial score (nSPS) is 11.0. The SMILES string of the molecule is CCn1c(SCC(=O)Nc2cc(Cl)ccc2OC)nnc1-c1cn(C)nc1-c1ccc(C)cc1. The summed E-state index contributed by atoms with van der Waals surface area (Å²) in [6.45, 7) is 4.73. The number of hydrogen-bond acceptors (Lipinski definition) is 6. The lowest BCUT2D eigenvalue weighted by Gasteiger charge is -2.11. The van der Waals surface area contributed by atoms with Crippen LogP contribution in [0.4, 0.5) is 5.69 Å². The van der Waals surface area contributed by atoms with E-state index in [1.165, 1.54) is 17.3 Å². The molecule has 0 aliphatic rings. The predicted molar refractivity (Wildman–Crippen MR) is 135 cm³/mol. The molecule has 8 nitrogen and oxygen atoms in total. The number of aromatic nitrogens is 5. The first-order valence-corrected chi connectivity index (χ1v) is 12.1. The lowest BCUT2D eigenvalue weighted by Crippen LogP contribution is -2.15. The van der Waals surface area contributed by atoms with Crippen molar-refractivity contribution >= 4 is 35.0 Å². The van der Waals surface area contributed by atoms with Crippen LogP contribution in [-0.2, 0) is 18.4 Å². The Bertz CT molecular complexity index is 1320. The lowest BCUT2D eigenvalue weighted by molar-refractivity contribution is -0.113. The largest absolute Gasteiger partial charge is 0.495 e. The molecular formula is C24H25ClN6O2S. The molecule has 2 aromatic carbocycles. The number of thioether (sulfide) groups is 1. The van der Waals surface area contributed by atoms with Crippen LogP contribution in [-0.4, -0.2) is 43.3 Å². The Morgan fingerprint density at radius 2 is 1.94 bits per heavy atom. The van der Waals surface area contributed by atoms with Crippen LogP contribution in [0.25, 0.3) is 22.6 Å². The van der Waals surface area contributed by atoms with Gasteiger partial charge in [-0.15, -0.1) is 10.2 Å². The molecule has 0 atom stereocenters. The third-order valence-electron chi connectivity index (χ3n) is 5.20. The molecule has 2 heterocycles. The van der Waals surface area contributed by atoms with E-state index in [1.54, 1.807) is 30.0 Å². The van der Waals surface area contributed by atoms with Gasteiger partial charge in [0, 0.05) is 30.4 Å². The van der Waals surface area contributed by atoms with E-state index in [0.29, 0.717) is 34.0 Å². The van der Waals surface area contributed by atoms with Crippen molar-refractivity contribution < 1.29 is 9.53 Å². The van der Waals surface area contributed by atoms with Gasteiger partial charge in [0.05, 0.1) is 24.1 Å². The maximum absolute atomic E-state index is 12.6. The zero-order valence-corrected chi connectivity index (χ0v) is 20.9. The lowest BCUT2D eigenvalue weighted by atomic mass is 10.1. The van der Waals surface area contributed by atoms with Crippen molar-refractivity contribution in [3.63, 3.8) is 0 Å². The molecule has 0 unspecified atom stereocenters. The summed E-state index contributed by atoms with van der Waals surface area (Å²) in [5, 5.41) is 17.5. The molecule has 0 aliphatic carbocycles. The molecule has 1 amide bonds. The van der Waals surface area contributed by atoms with Gasteiger partial charge in [-0.1, -0.05) is 53.2 Å². The quantitative estimate of drug-likeness (QED) is 0.343. The molecule has 4 aromatic rings. The molecule has 176 valence electrons. The highest BCUT2D eigenvalue weighted by atomic mass is 35.5. The number of carbonyl (C=O) groups excluding carboxylic acids is 1. The van der Waals surface area contributed by atoms with Crippen LogP contribution in [0, 0.1) is 6.92 Å². The summed E-state index contributed by atoms with van der Waals surface area (Å²) in [6, 6.07) is 13.3. The number of hydrogen-bond donors (Lipinski definition) is 1. The fraction of sp³-hybridized carbons (Fsp3) is 0.250. The molecule has 0 saturated heterocycles. The van der Waals surface area contributed by atoms with Gasteiger partial charge in [-0.05, 0) is 32.0 Å². The average molecular weight is 497 g/mol. The second-order valence-corrected chi connectivity index (χ2v) is 9.04. The van der Waals surface area contributed by atoms with Crippen molar-refractivity contribution in [1.29, 1.82) is 0 Å². The molecule has 0 spiro atoms. The highest BCUT2D eigenvalue weighted by Crippen LogP contribution is 2.32. The highest BCUT2D eigenvalue weighted by molar-refractivity contribution is 7.99. The van der Waals surface area contributed by atoms with E-state index in [4.69, 9.17) is 16.3 Å². The Balaban J connectivity index is 1.55. The fourth-order valence-electron chi connectivity index (χ4n) is 3.55. The summed E-state index contributed by atoms with van der Waals surface area (Å²) < 4.78 is 9.06. The van der Waals surface area contributed by atoms with Crippen LogP contribution in [0.3, 0.4) is 0 Å². The Labute approximate surface area is 207 Å². The number of aryl methyl sites for hydroxylation is 2. The van der Waals surface area contributed by atoms with E-state index in [9.17, 15) is 4.79 Å². The Morgan fingerprint density at radius 1 is 1.18 bits per heavy atom. The second kappa shape index (κ2) is 10.3. The van der Waals surface area contributed by atoms with Gasteiger partial charge in [-0.3, -0.25) is 9.48 Å². The Kier molecular flexibility index (Phi) is 7.23. The van der Waals surface area contributed by atoms with Gasteiger partial charge in [-0.2, -0.15) is 5.10 Å². The predicted octanol–water partition coefficient (Wildman–Crippen LogP) is 5.07. The van der Waals surface area contributed by atoms with Crippen LogP contribution in [0.15, 0.2) is 53.8 Å². The minimum Gasteiger partial charge on any atom is -0.495 e. The van der Waals surface area contributed by atoms with E-state index in [1.807, 2.05) is 24.7 Å². The van der Waals surface area contributed by atoms with Gasteiger partial charge in [0.25, 0.3) is 0 Å². The molecule has 0 bridgehead atoms. The summed E-state index contributed by atoms with van der Waals surface area (Å²) in [5.41, 5.74) is 4.45. The number of amides is 1. The summed E-state index contributed by atoms with van der Waals surface area (Å²) >= 11 is 7.38. The number of rotatable bonds is 8. The van der Waals surface area contributed by atoms with Crippen LogP contribution in [0.1, 0.15) is 12.5 Å². The summed E-state index contributed by atoms with van der Waals surface area (Å²) in [7, 11) is 3.43. The third kappa shape index (κ3) is 5.10. The Hall–Kier alpha value is -3.30. The minimum absolute atomic E-state index is 0.158. The molecule has 1 N–H and O–H groups in total. The fourth-order valence-corrected chi connectivity index (χ4v) is 4.53. The van der Waals surface area contributed by atoms with E-state index < -0.39 is 0 Å². The number of ether oxygens (including phenoxy) is 1. The maximum atomic E-state index is 12.6. The molecule has 0 saturated carbocycles. The van der Waals surface area contributed by atoms with Gasteiger partial charge in [0.1, 0.15) is 11.4 Å². The Morgan fingerprint density at radius 3 is 2.65 bits per heavy atom. The molecule has 0 aliphatic heterocycles. The maximum Gasteiger partial charge on any atom is 0.234 e. The van der Waals surface area contributed by atoms with Crippen LogP contribution in [0.2, 0.25) is 5.02 Å². The number of nitrogens with zero attached hydrogens (tertiary/aromatic N) is 5. The summed E-state index contributed by atoms with van der Waals surface area (Å²) in [6.07, 6.45) is 1.94. The van der Waals surface area contributed by atoms with Crippen LogP contribution < -0.4 is 10.1 Å². The standard InChI is InChI=1S/C24H25ClN6O2S/c1-5-31-23(18-13-30(3)29-22(18)16-8-6-15(2)7-9-16)27-28-24(31)34-14-21(32)26-19-12-17(25)10-11-20(19)33-4/h6-13H,5,14H2,1-4H3,(H,26,32). The van der Waals surface area contributed by atoms with Crippen LogP contribution >= 0.6 is 23.4 Å². The van der Waals surface area contributed by atoms with Gasteiger partial charge in [0.15, 0.2) is 11.0 Å². The van der Waals surface area contributed by atoms with Gasteiger partial charge >= 0.3 is 0 Å². The second-order valence-electron chi connectivity index (χ2n) is 7.66. The van der Waals surface area contributed by atoms with Crippen molar-refractivity contribution in [1.82, 2.24) is 24.5 Å². The third-order valence-corrected chi connectivity index (χ3v) is 6.40.